The molecular weight excluding hydrogens is 230 g/mol. The summed E-state index contributed by atoms with van der Waals surface area (Å²) in [5.74, 6) is -0.171. The number of carbonyl (C=O) groups is 2. The van der Waals surface area contributed by atoms with E-state index in [1.807, 2.05) is 6.92 Å². The zero-order chi connectivity index (χ0) is 11.7. The van der Waals surface area contributed by atoms with Gasteiger partial charge >= 0.3 is 5.97 Å². The van der Waals surface area contributed by atoms with Crippen LogP contribution in [-0.4, -0.2) is 52.3 Å². The van der Waals surface area contributed by atoms with Crippen molar-refractivity contribution < 1.29 is 19.4 Å². The van der Waals surface area contributed by atoms with Gasteiger partial charge in [-0.05, 0) is 13.3 Å². The minimum absolute atomic E-state index is 0.0672. The van der Waals surface area contributed by atoms with Crippen LogP contribution >= 0.6 is 11.8 Å². The topological polar surface area (TPSA) is 66.8 Å². The third-order valence-corrected chi connectivity index (χ3v) is 4.16. The van der Waals surface area contributed by atoms with Crippen molar-refractivity contribution in [3.63, 3.8) is 0 Å². The second-order valence-corrected chi connectivity index (χ2v) is 5.13. The molecule has 16 heavy (non-hydrogen) atoms. The monoisotopic (exact) mass is 245 g/mol. The lowest BCUT2D eigenvalue weighted by Gasteiger charge is -2.25. The summed E-state index contributed by atoms with van der Waals surface area (Å²) in [6.07, 6.45) is 0.612. The Labute approximate surface area is 98.1 Å². The van der Waals surface area contributed by atoms with Crippen molar-refractivity contribution in [2.75, 3.05) is 18.2 Å². The molecule has 2 saturated heterocycles. The molecule has 2 aliphatic rings. The first-order valence-electron chi connectivity index (χ1n) is 5.34. The number of amides is 1. The van der Waals surface area contributed by atoms with Crippen LogP contribution in [0.5, 0.6) is 0 Å². The van der Waals surface area contributed by atoms with Gasteiger partial charge in [0.05, 0.1) is 17.9 Å². The number of hydrogen-bond acceptors (Lipinski definition) is 4. The standard InChI is InChI=1S/C10H15NO4S/c1-6-7(2-3-15-6)9(12)11-5-16-4-8(11)10(13)14/h6-8H,2-5H2,1H3,(H,13,14)/t6?,7?,8-/m0/s1. The van der Waals surface area contributed by atoms with Crippen LogP contribution in [0.4, 0.5) is 0 Å². The van der Waals surface area contributed by atoms with Crippen LogP contribution in [0.2, 0.25) is 0 Å². The van der Waals surface area contributed by atoms with Gasteiger partial charge in [-0.25, -0.2) is 4.79 Å². The minimum atomic E-state index is -0.912. The Morgan fingerprint density at radius 3 is 2.81 bits per heavy atom. The first kappa shape index (κ1) is 11.7. The van der Waals surface area contributed by atoms with Crippen molar-refractivity contribution >= 4 is 23.6 Å². The Kier molecular flexibility index (Phi) is 3.39. The van der Waals surface area contributed by atoms with Crippen LogP contribution < -0.4 is 0 Å². The average Bonchev–Trinajstić information content (AvgIpc) is 2.84. The van der Waals surface area contributed by atoms with Crippen molar-refractivity contribution in [3.05, 3.63) is 0 Å². The lowest BCUT2D eigenvalue weighted by atomic mass is 10.0. The number of carboxylic acid groups (broad SMARTS) is 1. The summed E-state index contributed by atoms with van der Waals surface area (Å²) in [6.45, 7) is 2.46. The predicted molar refractivity (Wildman–Crippen MR) is 59.1 cm³/mol. The average molecular weight is 245 g/mol. The Morgan fingerprint density at radius 2 is 2.25 bits per heavy atom. The van der Waals surface area contributed by atoms with E-state index in [9.17, 15) is 9.59 Å². The fraction of sp³-hybridized carbons (Fsp3) is 0.800. The quantitative estimate of drug-likeness (QED) is 0.762. The predicted octanol–water partition coefficient (Wildman–Crippen LogP) is 0.397. The van der Waals surface area contributed by atoms with E-state index < -0.39 is 12.0 Å². The van der Waals surface area contributed by atoms with Gasteiger partial charge in [0.1, 0.15) is 6.04 Å². The molecule has 0 aromatic heterocycles. The number of rotatable bonds is 2. The molecule has 2 heterocycles. The molecule has 5 nitrogen and oxygen atoms in total. The van der Waals surface area contributed by atoms with Crippen LogP contribution in [0.15, 0.2) is 0 Å². The van der Waals surface area contributed by atoms with Crippen LogP contribution in [0.1, 0.15) is 13.3 Å². The van der Waals surface area contributed by atoms with Gasteiger partial charge in [-0.3, -0.25) is 4.79 Å². The first-order chi connectivity index (χ1) is 7.61. The lowest BCUT2D eigenvalue weighted by Crippen LogP contribution is -2.45. The molecule has 2 aliphatic heterocycles. The van der Waals surface area contributed by atoms with Gasteiger partial charge in [-0.15, -0.1) is 11.8 Å². The highest BCUT2D eigenvalue weighted by Gasteiger charge is 2.40. The molecule has 0 saturated carbocycles. The summed E-state index contributed by atoms with van der Waals surface area (Å²) >= 11 is 1.49. The summed E-state index contributed by atoms with van der Waals surface area (Å²) in [5, 5.41) is 9.00. The van der Waals surface area contributed by atoms with E-state index in [0.717, 1.165) is 0 Å². The number of carbonyl (C=O) groups excluding carboxylic acids is 1. The third-order valence-electron chi connectivity index (χ3n) is 3.14. The van der Waals surface area contributed by atoms with Gasteiger partial charge in [-0.2, -0.15) is 0 Å². The van der Waals surface area contributed by atoms with Gasteiger partial charge in [0.25, 0.3) is 0 Å². The van der Waals surface area contributed by atoms with Gasteiger partial charge in [0.2, 0.25) is 5.91 Å². The summed E-state index contributed by atoms with van der Waals surface area (Å²) in [6, 6.07) is -0.662. The van der Waals surface area contributed by atoms with E-state index in [1.165, 1.54) is 16.7 Å². The van der Waals surface area contributed by atoms with Gasteiger partial charge in [0.15, 0.2) is 0 Å². The number of carboxylic acids is 1. The molecular formula is C10H15NO4S. The molecule has 1 amide bonds. The summed E-state index contributed by atoms with van der Waals surface area (Å²) in [5.41, 5.74) is 0. The maximum absolute atomic E-state index is 12.1. The van der Waals surface area contributed by atoms with Gasteiger partial charge < -0.3 is 14.7 Å². The normalized spacial score (nSPS) is 34.3. The molecule has 6 heteroatoms. The Hall–Kier alpha value is -0.750. The zero-order valence-corrected chi connectivity index (χ0v) is 9.90. The Bertz CT molecular complexity index is 309. The van der Waals surface area contributed by atoms with Crippen molar-refractivity contribution in [2.24, 2.45) is 5.92 Å². The smallest absolute Gasteiger partial charge is 0.327 e. The van der Waals surface area contributed by atoms with E-state index in [4.69, 9.17) is 9.84 Å². The van der Waals surface area contributed by atoms with Crippen molar-refractivity contribution in [1.29, 1.82) is 0 Å². The molecule has 2 fully saturated rings. The summed E-state index contributed by atoms with van der Waals surface area (Å²) in [7, 11) is 0. The fourth-order valence-electron chi connectivity index (χ4n) is 2.13. The number of ether oxygens (including phenoxy) is 1. The molecule has 0 spiro atoms. The number of aliphatic carboxylic acids is 1. The number of thioether (sulfide) groups is 1. The fourth-order valence-corrected chi connectivity index (χ4v) is 3.29. The first-order valence-corrected chi connectivity index (χ1v) is 6.49. The molecule has 0 aliphatic carbocycles. The highest BCUT2D eigenvalue weighted by Crippen LogP contribution is 2.28. The van der Waals surface area contributed by atoms with Crippen LogP contribution in [-0.2, 0) is 14.3 Å². The third kappa shape index (κ3) is 2.04. The maximum Gasteiger partial charge on any atom is 0.327 e. The zero-order valence-electron chi connectivity index (χ0n) is 9.09. The maximum atomic E-state index is 12.1. The second-order valence-electron chi connectivity index (χ2n) is 4.13. The molecule has 0 radical (unpaired) electrons. The largest absolute Gasteiger partial charge is 0.480 e. The van der Waals surface area contributed by atoms with E-state index in [2.05, 4.69) is 0 Å². The van der Waals surface area contributed by atoms with E-state index in [-0.39, 0.29) is 17.9 Å². The highest BCUT2D eigenvalue weighted by atomic mass is 32.2. The second kappa shape index (κ2) is 4.63. The summed E-state index contributed by atoms with van der Waals surface area (Å²) < 4.78 is 5.34. The molecule has 2 rings (SSSR count). The number of nitrogens with zero attached hydrogens (tertiary/aromatic N) is 1. The van der Waals surface area contributed by atoms with Crippen LogP contribution in [0.25, 0.3) is 0 Å². The van der Waals surface area contributed by atoms with Gasteiger partial charge in [-0.1, -0.05) is 0 Å². The SMILES string of the molecule is CC1OCCC1C(=O)N1CSC[C@H]1C(=O)O. The highest BCUT2D eigenvalue weighted by molar-refractivity contribution is 7.99. The number of hydrogen-bond donors (Lipinski definition) is 1. The van der Waals surface area contributed by atoms with Crippen molar-refractivity contribution in [3.8, 4) is 0 Å². The van der Waals surface area contributed by atoms with Crippen molar-refractivity contribution in [1.82, 2.24) is 4.90 Å². The van der Waals surface area contributed by atoms with Crippen molar-refractivity contribution in [2.45, 2.75) is 25.5 Å². The lowest BCUT2D eigenvalue weighted by molar-refractivity contribution is -0.150. The molecule has 90 valence electrons. The Balaban J connectivity index is 2.06. The van der Waals surface area contributed by atoms with E-state index >= 15 is 0 Å². The van der Waals surface area contributed by atoms with E-state index in [0.29, 0.717) is 24.7 Å². The molecule has 0 aromatic rings. The van der Waals surface area contributed by atoms with Gasteiger partial charge in [0, 0.05) is 12.4 Å². The minimum Gasteiger partial charge on any atom is -0.480 e. The molecule has 3 atom stereocenters. The summed E-state index contributed by atoms with van der Waals surface area (Å²) in [4.78, 5) is 24.6. The molecule has 0 bridgehead atoms. The Morgan fingerprint density at radius 1 is 1.50 bits per heavy atom. The van der Waals surface area contributed by atoms with E-state index in [1.54, 1.807) is 0 Å². The molecule has 1 N–H and O–H groups in total. The molecule has 0 aromatic carbocycles. The van der Waals surface area contributed by atoms with Crippen LogP contribution in [0, 0.1) is 5.92 Å². The van der Waals surface area contributed by atoms with Crippen LogP contribution in [0.3, 0.4) is 0 Å². The molecule has 2 unspecified atom stereocenters.